The van der Waals surface area contributed by atoms with Crippen LogP contribution >= 0.6 is 31.9 Å². The van der Waals surface area contributed by atoms with Crippen LogP contribution in [-0.4, -0.2) is 10.2 Å². The Kier molecular flexibility index (Phi) is 3.87. The highest BCUT2D eigenvalue weighted by Crippen LogP contribution is 2.37. The van der Waals surface area contributed by atoms with Crippen molar-refractivity contribution in [2.75, 3.05) is 5.73 Å². The SMILES string of the molecule is Cc1cccc(-c2c(N)n[nH]c2-c2cc(Br)cc(Br)c2)c1. The molecule has 0 aliphatic carbocycles. The van der Waals surface area contributed by atoms with E-state index in [0.717, 1.165) is 31.3 Å². The predicted molar refractivity (Wildman–Crippen MR) is 94.0 cm³/mol. The molecule has 0 unspecified atom stereocenters. The molecule has 0 aliphatic rings. The van der Waals surface area contributed by atoms with Crippen LogP contribution in [0.3, 0.4) is 0 Å². The van der Waals surface area contributed by atoms with E-state index >= 15 is 0 Å². The van der Waals surface area contributed by atoms with Gasteiger partial charge in [-0.1, -0.05) is 61.7 Å². The Morgan fingerprint density at radius 3 is 2.38 bits per heavy atom. The molecule has 2 aromatic carbocycles. The average molecular weight is 407 g/mol. The number of nitrogen functional groups attached to an aromatic ring is 1. The standard InChI is InChI=1S/C16H13Br2N3/c1-9-3-2-4-10(5-9)14-15(20-21-16(14)19)11-6-12(17)8-13(18)7-11/h2-8H,1H3,(H3,19,20,21). The fourth-order valence-corrected chi connectivity index (χ4v) is 3.65. The van der Waals surface area contributed by atoms with Crippen molar-refractivity contribution in [1.29, 1.82) is 0 Å². The van der Waals surface area contributed by atoms with E-state index < -0.39 is 0 Å². The van der Waals surface area contributed by atoms with Crippen LogP contribution in [0.15, 0.2) is 51.4 Å². The third kappa shape index (κ3) is 2.89. The highest BCUT2D eigenvalue weighted by atomic mass is 79.9. The van der Waals surface area contributed by atoms with Gasteiger partial charge in [0.05, 0.1) is 11.3 Å². The van der Waals surface area contributed by atoms with Gasteiger partial charge in [0.25, 0.3) is 0 Å². The molecule has 3 N–H and O–H groups in total. The van der Waals surface area contributed by atoms with Gasteiger partial charge in [-0.15, -0.1) is 0 Å². The lowest BCUT2D eigenvalue weighted by atomic mass is 9.99. The Hall–Kier alpha value is -1.59. The number of hydrogen-bond donors (Lipinski definition) is 2. The molecule has 3 nitrogen and oxygen atoms in total. The van der Waals surface area contributed by atoms with Crippen LogP contribution in [0.1, 0.15) is 5.56 Å². The molecule has 21 heavy (non-hydrogen) atoms. The Labute approximate surface area is 139 Å². The maximum atomic E-state index is 6.07. The van der Waals surface area contributed by atoms with Gasteiger partial charge in [0, 0.05) is 14.5 Å². The Bertz CT molecular complexity index is 789. The van der Waals surface area contributed by atoms with Crippen LogP contribution in [0.25, 0.3) is 22.4 Å². The number of anilines is 1. The van der Waals surface area contributed by atoms with Crippen LogP contribution in [0, 0.1) is 6.92 Å². The van der Waals surface area contributed by atoms with Crippen molar-refractivity contribution >= 4 is 37.7 Å². The number of nitrogens with zero attached hydrogens (tertiary/aromatic N) is 1. The van der Waals surface area contributed by atoms with E-state index in [4.69, 9.17) is 5.73 Å². The normalized spacial score (nSPS) is 10.8. The molecule has 0 fully saturated rings. The number of hydrogen-bond acceptors (Lipinski definition) is 2. The van der Waals surface area contributed by atoms with Gasteiger partial charge in [0.2, 0.25) is 0 Å². The van der Waals surface area contributed by atoms with Crippen molar-refractivity contribution in [3.63, 3.8) is 0 Å². The number of rotatable bonds is 2. The minimum absolute atomic E-state index is 0.506. The Balaban J connectivity index is 2.21. The van der Waals surface area contributed by atoms with Gasteiger partial charge >= 0.3 is 0 Å². The molecule has 3 rings (SSSR count). The summed E-state index contributed by atoms with van der Waals surface area (Å²) in [5.41, 5.74) is 11.2. The predicted octanol–water partition coefficient (Wildman–Crippen LogP) is 5.16. The molecule has 106 valence electrons. The zero-order valence-electron chi connectivity index (χ0n) is 11.3. The summed E-state index contributed by atoms with van der Waals surface area (Å²) in [5, 5.41) is 7.23. The molecule has 0 atom stereocenters. The van der Waals surface area contributed by atoms with Gasteiger partial charge in [-0.2, -0.15) is 5.10 Å². The van der Waals surface area contributed by atoms with Crippen molar-refractivity contribution in [3.8, 4) is 22.4 Å². The largest absolute Gasteiger partial charge is 0.382 e. The highest BCUT2D eigenvalue weighted by molar-refractivity contribution is 9.11. The molecule has 0 radical (unpaired) electrons. The first-order valence-electron chi connectivity index (χ1n) is 6.42. The minimum Gasteiger partial charge on any atom is -0.382 e. The first-order chi connectivity index (χ1) is 10.0. The molecule has 0 aliphatic heterocycles. The summed E-state index contributed by atoms with van der Waals surface area (Å²) in [6.45, 7) is 2.06. The fraction of sp³-hybridized carbons (Fsp3) is 0.0625. The number of benzene rings is 2. The summed E-state index contributed by atoms with van der Waals surface area (Å²) in [4.78, 5) is 0. The molecule has 0 amide bonds. The summed E-state index contributed by atoms with van der Waals surface area (Å²) in [5.74, 6) is 0.506. The second-order valence-corrected chi connectivity index (χ2v) is 6.72. The van der Waals surface area contributed by atoms with Gasteiger partial charge in [-0.05, 0) is 30.7 Å². The number of aromatic nitrogens is 2. The van der Waals surface area contributed by atoms with E-state index in [1.807, 2.05) is 30.3 Å². The number of nitrogens with one attached hydrogen (secondary N) is 1. The van der Waals surface area contributed by atoms with Crippen molar-refractivity contribution < 1.29 is 0 Å². The maximum Gasteiger partial charge on any atom is 0.153 e. The number of aryl methyl sites for hydroxylation is 1. The van der Waals surface area contributed by atoms with Crippen molar-refractivity contribution in [1.82, 2.24) is 10.2 Å². The minimum atomic E-state index is 0.506. The van der Waals surface area contributed by atoms with Gasteiger partial charge < -0.3 is 5.73 Å². The smallest absolute Gasteiger partial charge is 0.153 e. The maximum absolute atomic E-state index is 6.07. The Morgan fingerprint density at radius 1 is 1.00 bits per heavy atom. The second kappa shape index (κ2) is 5.66. The number of H-pyrrole nitrogens is 1. The summed E-state index contributed by atoms with van der Waals surface area (Å²) < 4.78 is 1.99. The van der Waals surface area contributed by atoms with E-state index in [2.05, 4.69) is 61.1 Å². The zero-order valence-corrected chi connectivity index (χ0v) is 14.5. The lowest BCUT2D eigenvalue weighted by Gasteiger charge is -2.07. The third-order valence-electron chi connectivity index (χ3n) is 3.25. The molecule has 0 bridgehead atoms. The quantitative estimate of drug-likeness (QED) is 0.617. The van der Waals surface area contributed by atoms with Crippen molar-refractivity contribution in [2.45, 2.75) is 6.92 Å². The average Bonchev–Trinajstić information content (AvgIpc) is 2.79. The number of nitrogens with two attached hydrogens (primary N) is 1. The molecular formula is C16H13Br2N3. The van der Waals surface area contributed by atoms with E-state index in [0.29, 0.717) is 5.82 Å². The molecule has 1 heterocycles. The Morgan fingerprint density at radius 2 is 1.71 bits per heavy atom. The summed E-state index contributed by atoms with van der Waals surface area (Å²) >= 11 is 7.03. The molecule has 0 saturated carbocycles. The molecule has 1 aromatic heterocycles. The van der Waals surface area contributed by atoms with E-state index in [9.17, 15) is 0 Å². The first kappa shape index (κ1) is 14.4. The molecule has 3 aromatic rings. The van der Waals surface area contributed by atoms with E-state index in [1.54, 1.807) is 0 Å². The summed E-state index contributed by atoms with van der Waals surface area (Å²) in [7, 11) is 0. The molecule has 0 saturated heterocycles. The lowest BCUT2D eigenvalue weighted by Crippen LogP contribution is -1.89. The van der Waals surface area contributed by atoms with Crippen LogP contribution in [-0.2, 0) is 0 Å². The van der Waals surface area contributed by atoms with Crippen LogP contribution in [0.4, 0.5) is 5.82 Å². The van der Waals surface area contributed by atoms with Gasteiger partial charge in [0.1, 0.15) is 0 Å². The van der Waals surface area contributed by atoms with Gasteiger partial charge in [-0.25, -0.2) is 0 Å². The van der Waals surface area contributed by atoms with Gasteiger partial charge in [-0.3, -0.25) is 5.10 Å². The third-order valence-corrected chi connectivity index (χ3v) is 4.17. The fourth-order valence-electron chi connectivity index (χ4n) is 2.36. The number of halogens is 2. The molecule has 5 heteroatoms. The topological polar surface area (TPSA) is 54.7 Å². The molecule has 0 spiro atoms. The lowest BCUT2D eigenvalue weighted by molar-refractivity contribution is 1.10. The van der Waals surface area contributed by atoms with E-state index in [1.165, 1.54) is 5.56 Å². The zero-order chi connectivity index (χ0) is 15.0. The van der Waals surface area contributed by atoms with E-state index in [-0.39, 0.29) is 0 Å². The van der Waals surface area contributed by atoms with Gasteiger partial charge in [0.15, 0.2) is 5.82 Å². The highest BCUT2D eigenvalue weighted by Gasteiger charge is 2.15. The summed E-state index contributed by atoms with van der Waals surface area (Å²) in [6.07, 6.45) is 0. The van der Waals surface area contributed by atoms with Crippen molar-refractivity contribution in [3.05, 3.63) is 57.0 Å². The van der Waals surface area contributed by atoms with Crippen LogP contribution in [0.5, 0.6) is 0 Å². The van der Waals surface area contributed by atoms with Crippen LogP contribution in [0.2, 0.25) is 0 Å². The monoisotopic (exact) mass is 405 g/mol. The number of aromatic amines is 1. The second-order valence-electron chi connectivity index (χ2n) is 4.89. The molecular weight excluding hydrogens is 394 g/mol. The first-order valence-corrected chi connectivity index (χ1v) is 8.00. The van der Waals surface area contributed by atoms with Crippen LogP contribution < -0.4 is 5.73 Å². The summed E-state index contributed by atoms with van der Waals surface area (Å²) in [6, 6.07) is 14.3. The van der Waals surface area contributed by atoms with Crippen molar-refractivity contribution in [2.24, 2.45) is 0 Å².